The third kappa shape index (κ3) is 21.4. The Morgan fingerprint density at radius 3 is 1.36 bits per heavy atom. The lowest BCUT2D eigenvalue weighted by molar-refractivity contribution is -0.154. The fraction of sp³-hybridized carbons (Fsp3) is 0.382. The summed E-state index contributed by atoms with van der Waals surface area (Å²) in [6, 6.07) is 48.1. The summed E-state index contributed by atoms with van der Waals surface area (Å²) >= 11 is 21.3. The van der Waals surface area contributed by atoms with E-state index in [1.54, 1.807) is 12.1 Å². The molecule has 5 nitrogen and oxygen atoms in total. The van der Waals surface area contributed by atoms with Gasteiger partial charge in [0.05, 0.1) is 42.2 Å². The number of hydrogen-bond donors (Lipinski definition) is 1. The van der Waals surface area contributed by atoms with E-state index in [0.29, 0.717) is 18.2 Å². The Balaban J connectivity index is 0.000000547. The summed E-state index contributed by atoms with van der Waals surface area (Å²) in [5, 5.41) is 14.5. The predicted molar refractivity (Wildman–Crippen MR) is 282 cm³/mol. The molecule has 66 heavy (non-hydrogen) atoms. The van der Waals surface area contributed by atoms with Crippen LogP contribution in [0.25, 0.3) is 6.08 Å². The quantitative estimate of drug-likeness (QED) is 0.0364. The average molecular weight is 1060 g/mol. The number of ether oxygens (including phenoxy) is 2. The van der Waals surface area contributed by atoms with Crippen molar-refractivity contribution in [1.82, 2.24) is 0 Å². The van der Waals surface area contributed by atoms with Crippen LogP contribution in [-0.4, -0.2) is 41.8 Å². The zero-order chi connectivity index (χ0) is 48.0. The van der Waals surface area contributed by atoms with Crippen LogP contribution < -0.4 is 32.9 Å². The van der Waals surface area contributed by atoms with E-state index in [1.165, 1.54) is 15.9 Å². The molecule has 0 aromatic heterocycles. The Morgan fingerprint density at radius 2 is 0.970 bits per heavy atom. The standard InChI is InChI=1S/C29H36O2P.C18H25ClO2.C7H7ClO.CH2Cl2.BrH/c1-4-31-28(30)29(2,3)23-15-8-16-24-32(25-17-9-5-10-18-25,26-19-11-6-12-20-26)27-21-13-7-14-22-27;1-4-21-17(20)18(2,3)14-10-6-5-7-11-15-12-8-9-13-16(15)19;8-7-4-2-1-3-6(7)5-9;2-1-3;/h5-7,9-14,17-22H,4,8,15-16,23-24H2,1-3H3;7-9,11-13H,4-6,10,14H2,1-3H3;1-4,9H,5H2;1H2;1H/q+1;;;;/p-1/b;11-7+;;;. The van der Waals surface area contributed by atoms with Gasteiger partial charge in [-0.15, -0.1) is 23.2 Å². The largest absolute Gasteiger partial charge is 1.00 e. The molecule has 0 unspecified atom stereocenters. The lowest BCUT2D eigenvalue weighted by Crippen LogP contribution is -3.00. The van der Waals surface area contributed by atoms with E-state index in [1.807, 2.05) is 77.9 Å². The average Bonchev–Trinajstić information content (AvgIpc) is 3.31. The molecule has 0 saturated heterocycles. The first-order chi connectivity index (χ1) is 31.2. The molecule has 5 rings (SSSR count). The fourth-order valence-corrected chi connectivity index (χ4v) is 11.9. The number of benzene rings is 5. The molecular weight excluding hydrogens is 993 g/mol. The van der Waals surface area contributed by atoms with Gasteiger partial charge in [-0.1, -0.05) is 139 Å². The van der Waals surface area contributed by atoms with Gasteiger partial charge in [-0.3, -0.25) is 9.59 Å². The molecule has 0 aliphatic carbocycles. The lowest BCUT2D eigenvalue weighted by Gasteiger charge is -2.28. The summed E-state index contributed by atoms with van der Waals surface area (Å²) in [6.45, 7) is 12.5. The number of carbonyl (C=O) groups excluding carboxylic acids is 2. The minimum atomic E-state index is -1.76. The highest BCUT2D eigenvalue weighted by Crippen LogP contribution is 2.56. The van der Waals surface area contributed by atoms with Crippen LogP contribution in [0.1, 0.15) is 104 Å². The van der Waals surface area contributed by atoms with Crippen molar-refractivity contribution in [1.29, 1.82) is 0 Å². The topological polar surface area (TPSA) is 72.8 Å². The summed E-state index contributed by atoms with van der Waals surface area (Å²) in [6.07, 6.45) is 13.4. The Morgan fingerprint density at radius 1 is 0.576 bits per heavy atom. The highest BCUT2D eigenvalue weighted by atomic mass is 79.9. The molecule has 5 aromatic rings. The minimum Gasteiger partial charge on any atom is -1.00 e. The van der Waals surface area contributed by atoms with Crippen LogP contribution in [0.4, 0.5) is 0 Å². The second kappa shape index (κ2) is 34.2. The van der Waals surface area contributed by atoms with Crippen LogP contribution in [0, 0.1) is 10.8 Å². The van der Waals surface area contributed by atoms with Crippen molar-refractivity contribution in [3.8, 4) is 0 Å². The lowest BCUT2D eigenvalue weighted by atomic mass is 9.87. The summed E-state index contributed by atoms with van der Waals surface area (Å²) in [4.78, 5) is 24.0. The number of esters is 2. The summed E-state index contributed by atoms with van der Waals surface area (Å²) in [7, 11) is -1.76. The van der Waals surface area contributed by atoms with E-state index in [9.17, 15) is 9.59 Å². The maximum absolute atomic E-state index is 12.2. The van der Waals surface area contributed by atoms with Crippen LogP contribution in [0.3, 0.4) is 0 Å². The third-order valence-corrected chi connectivity index (χ3v) is 16.0. The van der Waals surface area contributed by atoms with Crippen LogP contribution in [0.2, 0.25) is 10.0 Å². The van der Waals surface area contributed by atoms with Gasteiger partial charge >= 0.3 is 11.9 Å². The summed E-state index contributed by atoms with van der Waals surface area (Å²) < 4.78 is 10.3. The van der Waals surface area contributed by atoms with E-state index in [4.69, 9.17) is 61.0 Å². The van der Waals surface area contributed by atoms with Gasteiger partial charge in [-0.25, -0.2) is 0 Å². The summed E-state index contributed by atoms with van der Waals surface area (Å²) in [5.41, 5.74) is 1.02. The number of hydrogen-bond acceptors (Lipinski definition) is 5. The maximum Gasteiger partial charge on any atom is 0.311 e. The Bertz CT molecular complexity index is 1990. The van der Waals surface area contributed by atoms with Gasteiger partial charge in [-0.2, -0.15) is 0 Å². The molecular formula is C55H70BrCl4O5P. The van der Waals surface area contributed by atoms with Crippen molar-refractivity contribution in [3.05, 3.63) is 167 Å². The molecule has 0 atom stereocenters. The zero-order valence-corrected chi connectivity index (χ0v) is 45.0. The van der Waals surface area contributed by atoms with Gasteiger partial charge in [0.1, 0.15) is 23.2 Å². The van der Waals surface area contributed by atoms with Crippen LogP contribution in [-0.2, 0) is 25.7 Å². The monoisotopic (exact) mass is 1060 g/mol. The summed E-state index contributed by atoms with van der Waals surface area (Å²) in [5.74, 6) is -0.184. The molecule has 5 aromatic carbocycles. The van der Waals surface area contributed by atoms with Crippen LogP contribution in [0.5, 0.6) is 0 Å². The number of aliphatic hydroxyl groups excluding tert-OH is 1. The number of aliphatic hydroxyl groups is 1. The first kappa shape index (κ1) is 60.8. The highest BCUT2D eigenvalue weighted by molar-refractivity contribution is 7.95. The van der Waals surface area contributed by atoms with Crippen LogP contribution in [0.15, 0.2) is 146 Å². The van der Waals surface area contributed by atoms with E-state index in [-0.39, 0.29) is 46.3 Å². The molecule has 0 saturated carbocycles. The molecule has 0 fully saturated rings. The number of allylic oxidation sites excluding steroid dienone is 1. The third-order valence-electron chi connectivity index (χ3n) is 10.8. The van der Waals surface area contributed by atoms with Gasteiger partial charge in [0.25, 0.3) is 0 Å². The normalized spacial score (nSPS) is 11.1. The van der Waals surface area contributed by atoms with Gasteiger partial charge in [-0.05, 0) is 140 Å². The molecule has 0 aliphatic heterocycles. The van der Waals surface area contributed by atoms with E-state index >= 15 is 0 Å². The number of alkyl halides is 2. The van der Waals surface area contributed by atoms with Gasteiger partial charge in [0.2, 0.25) is 0 Å². The smallest absolute Gasteiger partial charge is 0.311 e. The van der Waals surface area contributed by atoms with Crippen molar-refractivity contribution in [2.75, 3.05) is 24.7 Å². The van der Waals surface area contributed by atoms with Crippen molar-refractivity contribution < 1.29 is 41.2 Å². The molecule has 360 valence electrons. The molecule has 0 amide bonds. The SMILES string of the molecule is CCOC(=O)C(C)(C)CCCC/C=C/c1ccccc1Cl.CCOC(=O)C(C)(C)CCCCC[P+](c1ccccc1)(c1ccccc1)c1ccccc1.ClCCl.OCc1ccccc1Cl.[Br-]. The number of unbranched alkanes of at least 4 members (excludes halogenated alkanes) is 4. The molecule has 0 radical (unpaired) electrons. The van der Waals surface area contributed by atoms with Crippen molar-refractivity contribution >= 4 is 87.6 Å². The fourth-order valence-electron chi connectivity index (χ4n) is 7.11. The van der Waals surface area contributed by atoms with E-state index in [2.05, 4.69) is 103 Å². The Hall–Kier alpha value is -3.19. The maximum atomic E-state index is 12.2. The first-order valence-electron chi connectivity index (χ1n) is 22.5. The predicted octanol–water partition coefficient (Wildman–Crippen LogP) is 11.9. The van der Waals surface area contributed by atoms with Crippen molar-refractivity contribution in [2.24, 2.45) is 10.8 Å². The van der Waals surface area contributed by atoms with E-state index in [0.717, 1.165) is 73.7 Å². The van der Waals surface area contributed by atoms with Crippen LogP contribution >= 0.6 is 53.7 Å². The highest BCUT2D eigenvalue weighted by Gasteiger charge is 2.44. The number of rotatable bonds is 20. The van der Waals surface area contributed by atoms with Crippen molar-refractivity contribution in [3.63, 3.8) is 0 Å². The minimum absolute atomic E-state index is 0. The van der Waals surface area contributed by atoms with E-state index < -0.39 is 12.7 Å². The molecule has 11 heteroatoms. The molecule has 0 spiro atoms. The first-order valence-corrected chi connectivity index (χ1v) is 26.3. The second-order valence-electron chi connectivity index (χ2n) is 16.6. The van der Waals surface area contributed by atoms with Gasteiger partial charge in [0.15, 0.2) is 0 Å². The Kier molecular flexibility index (Phi) is 31.5. The molecule has 0 heterocycles. The number of halogens is 5. The Labute approximate surface area is 427 Å². The molecule has 0 aliphatic rings. The number of carbonyl (C=O) groups is 2. The van der Waals surface area contributed by atoms with Gasteiger partial charge in [0, 0.05) is 10.0 Å². The second-order valence-corrected chi connectivity index (χ2v) is 21.8. The van der Waals surface area contributed by atoms with Gasteiger partial charge < -0.3 is 31.6 Å². The zero-order valence-electron chi connectivity index (χ0n) is 39.5. The molecule has 1 N–H and O–H groups in total. The molecule has 0 bridgehead atoms. The van der Waals surface area contributed by atoms with Crippen molar-refractivity contribution in [2.45, 2.75) is 99.5 Å².